The van der Waals surface area contributed by atoms with E-state index < -0.39 is 30.1 Å². The molecular weight excluding hydrogens is 510 g/mol. The minimum atomic E-state index is -1.26. The van der Waals surface area contributed by atoms with Crippen molar-refractivity contribution in [2.45, 2.75) is 30.1 Å². The van der Waals surface area contributed by atoms with Crippen LogP contribution in [0.25, 0.3) is 11.2 Å². The smallest absolute Gasteiger partial charge is 0.167 e. The van der Waals surface area contributed by atoms with Gasteiger partial charge in [-0.05, 0) is 28.8 Å². The van der Waals surface area contributed by atoms with Crippen LogP contribution in [0.3, 0.4) is 0 Å². The highest BCUT2D eigenvalue weighted by atomic mass is 16.6. The fourth-order valence-corrected chi connectivity index (χ4v) is 5.30. The van der Waals surface area contributed by atoms with Crippen LogP contribution >= 0.6 is 0 Å². The van der Waals surface area contributed by atoms with E-state index in [9.17, 15) is 10.2 Å². The molecule has 204 valence electrons. The lowest BCUT2D eigenvalue weighted by molar-refractivity contribution is -0.0942. The maximum absolute atomic E-state index is 11.1. The minimum Gasteiger partial charge on any atom is -0.497 e. The fourth-order valence-electron chi connectivity index (χ4n) is 5.30. The summed E-state index contributed by atoms with van der Waals surface area (Å²) < 4.78 is 20.1. The Morgan fingerprint density at radius 2 is 1.55 bits per heavy atom. The molecule has 40 heavy (non-hydrogen) atoms. The third-order valence-electron chi connectivity index (χ3n) is 7.30. The molecule has 3 heterocycles. The highest BCUT2D eigenvalue weighted by molar-refractivity contribution is 5.81. The van der Waals surface area contributed by atoms with Crippen LogP contribution in [0.5, 0.6) is 5.75 Å². The van der Waals surface area contributed by atoms with Gasteiger partial charge in [-0.1, -0.05) is 72.8 Å². The largest absolute Gasteiger partial charge is 0.497 e. The normalized spacial score (nSPS) is 21.1. The molecular formula is C30H29N5O5. The van der Waals surface area contributed by atoms with E-state index in [4.69, 9.17) is 19.9 Å². The summed E-state index contributed by atoms with van der Waals surface area (Å²) in [6, 6.07) is 27.4. The number of nitrogens with zero attached hydrogens (tertiary/aromatic N) is 4. The third kappa shape index (κ3) is 4.37. The maximum Gasteiger partial charge on any atom is 0.167 e. The first-order valence-corrected chi connectivity index (χ1v) is 12.9. The van der Waals surface area contributed by atoms with E-state index in [1.807, 2.05) is 84.9 Å². The number of aliphatic hydroxyl groups is 2. The molecule has 5 aromatic rings. The number of aromatic nitrogens is 4. The van der Waals surface area contributed by atoms with Gasteiger partial charge in [0.15, 0.2) is 17.7 Å². The zero-order valence-electron chi connectivity index (χ0n) is 21.7. The lowest BCUT2D eigenvalue weighted by Gasteiger charge is -2.37. The van der Waals surface area contributed by atoms with Crippen LogP contribution in [-0.4, -0.2) is 61.8 Å². The lowest BCUT2D eigenvalue weighted by Crippen LogP contribution is -2.39. The number of benzene rings is 3. The van der Waals surface area contributed by atoms with Gasteiger partial charge in [-0.3, -0.25) is 4.57 Å². The first-order chi connectivity index (χ1) is 19.5. The van der Waals surface area contributed by atoms with E-state index in [-0.39, 0.29) is 12.4 Å². The molecule has 0 aliphatic carbocycles. The number of ether oxygens (including phenoxy) is 3. The molecule has 1 saturated heterocycles. The topological polar surface area (TPSA) is 138 Å². The van der Waals surface area contributed by atoms with E-state index >= 15 is 0 Å². The molecule has 1 aliphatic heterocycles. The molecule has 1 aliphatic rings. The zero-order valence-corrected chi connectivity index (χ0v) is 21.7. The molecule has 4 atom stereocenters. The first kappa shape index (κ1) is 25.9. The van der Waals surface area contributed by atoms with Gasteiger partial charge in [0.2, 0.25) is 0 Å². The van der Waals surface area contributed by atoms with Crippen LogP contribution in [0.2, 0.25) is 0 Å². The quantitative estimate of drug-likeness (QED) is 0.254. The van der Waals surface area contributed by atoms with Gasteiger partial charge in [0, 0.05) is 0 Å². The Morgan fingerprint density at radius 3 is 2.23 bits per heavy atom. The van der Waals surface area contributed by atoms with Crippen molar-refractivity contribution < 1.29 is 24.4 Å². The maximum atomic E-state index is 11.1. The molecule has 1 fully saturated rings. The van der Waals surface area contributed by atoms with E-state index in [1.54, 1.807) is 11.7 Å². The van der Waals surface area contributed by atoms with Crippen molar-refractivity contribution in [1.29, 1.82) is 0 Å². The van der Waals surface area contributed by atoms with Gasteiger partial charge in [-0.25, -0.2) is 15.0 Å². The molecule has 0 spiro atoms. The molecule has 2 aromatic heterocycles. The summed E-state index contributed by atoms with van der Waals surface area (Å²) in [4.78, 5) is 12.5. The standard InChI is InChI=1S/C30H29N5O5/c1-38-22-14-8-13-21(15-22)30(19-9-4-2-5-10-19,20-11-6-3-7-12-20)39-16-23-25(36)26(37)29(40-23)35-18-34-24-27(31)32-17-33-28(24)35/h2-15,17-18,23,25-26,29,36-37H,16H2,1H3,(H2,31,32,33)/t23-,25-,26-,29-/m1/s1. The van der Waals surface area contributed by atoms with Gasteiger partial charge in [0.25, 0.3) is 0 Å². The van der Waals surface area contributed by atoms with E-state index in [0.29, 0.717) is 16.9 Å². The van der Waals surface area contributed by atoms with E-state index in [1.165, 1.54) is 12.7 Å². The number of nitrogen functional groups attached to an aromatic ring is 1. The van der Waals surface area contributed by atoms with Crippen LogP contribution in [0.15, 0.2) is 97.6 Å². The average molecular weight is 540 g/mol. The van der Waals surface area contributed by atoms with Crippen LogP contribution in [0.4, 0.5) is 5.82 Å². The zero-order chi connectivity index (χ0) is 27.7. The van der Waals surface area contributed by atoms with Crippen molar-refractivity contribution in [2.75, 3.05) is 19.5 Å². The number of imidazole rings is 1. The number of fused-ring (bicyclic) bond motifs is 1. The van der Waals surface area contributed by atoms with Crippen molar-refractivity contribution in [3.05, 3.63) is 114 Å². The van der Waals surface area contributed by atoms with Gasteiger partial charge in [-0.15, -0.1) is 0 Å². The van der Waals surface area contributed by atoms with Gasteiger partial charge < -0.3 is 30.2 Å². The Hall–Kier alpha value is -4.35. The molecule has 10 nitrogen and oxygen atoms in total. The predicted molar refractivity (Wildman–Crippen MR) is 147 cm³/mol. The molecule has 0 bridgehead atoms. The summed E-state index contributed by atoms with van der Waals surface area (Å²) in [6.07, 6.45) is -1.54. The van der Waals surface area contributed by atoms with E-state index in [2.05, 4.69) is 15.0 Å². The predicted octanol–water partition coefficient (Wildman–Crippen LogP) is 3.05. The second kappa shape index (κ2) is 10.7. The highest BCUT2D eigenvalue weighted by Crippen LogP contribution is 2.43. The Kier molecular flexibility index (Phi) is 6.91. The summed E-state index contributed by atoms with van der Waals surface area (Å²) in [5, 5.41) is 22.1. The Morgan fingerprint density at radius 1 is 0.875 bits per heavy atom. The SMILES string of the molecule is COc1cccc(C(OC[C@H]2O[C@@H](n3cnc4c(N)ncnc43)[C@H](O)[C@@H]2O)(c2ccccc2)c2ccccc2)c1. The number of anilines is 1. The number of rotatable bonds is 8. The Balaban J connectivity index is 1.39. The average Bonchev–Trinajstić information content (AvgIpc) is 3.56. The number of methoxy groups -OCH3 is 1. The van der Waals surface area contributed by atoms with Gasteiger partial charge in [-0.2, -0.15) is 0 Å². The monoisotopic (exact) mass is 539 g/mol. The molecule has 0 saturated carbocycles. The van der Waals surface area contributed by atoms with Crippen molar-refractivity contribution >= 4 is 17.0 Å². The number of hydrogen-bond donors (Lipinski definition) is 3. The summed E-state index contributed by atoms with van der Waals surface area (Å²) >= 11 is 0. The fraction of sp³-hybridized carbons (Fsp3) is 0.233. The molecule has 4 N–H and O–H groups in total. The Bertz CT molecular complexity index is 1560. The van der Waals surface area contributed by atoms with Gasteiger partial charge >= 0.3 is 0 Å². The van der Waals surface area contributed by atoms with Crippen molar-refractivity contribution in [1.82, 2.24) is 19.5 Å². The third-order valence-corrected chi connectivity index (χ3v) is 7.30. The van der Waals surface area contributed by atoms with Gasteiger partial charge in [0.05, 0.1) is 20.0 Å². The molecule has 0 unspecified atom stereocenters. The number of hydrogen-bond acceptors (Lipinski definition) is 9. The van der Waals surface area contributed by atoms with Crippen LogP contribution < -0.4 is 10.5 Å². The summed E-state index contributed by atoms with van der Waals surface area (Å²) in [5.74, 6) is 0.892. The van der Waals surface area contributed by atoms with Gasteiger partial charge in [0.1, 0.15) is 41.5 Å². The molecule has 10 heteroatoms. The molecule has 0 radical (unpaired) electrons. The molecule has 6 rings (SSSR count). The number of aliphatic hydroxyl groups excluding tert-OH is 2. The van der Waals surface area contributed by atoms with Crippen molar-refractivity contribution in [2.24, 2.45) is 0 Å². The van der Waals surface area contributed by atoms with Crippen LogP contribution in [0.1, 0.15) is 22.9 Å². The van der Waals surface area contributed by atoms with Crippen LogP contribution in [-0.2, 0) is 15.1 Å². The summed E-state index contributed by atoms with van der Waals surface area (Å²) in [6.45, 7) is -0.0422. The second-order valence-corrected chi connectivity index (χ2v) is 9.59. The lowest BCUT2D eigenvalue weighted by atomic mass is 9.80. The van der Waals surface area contributed by atoms with Crippen molar-refractivity contribution in [3.8, 4) is 5.75 Å². The number of nitrogens with two attached hydrogens (primary N) is 1. The second-order valence-electron chi connectivity index (χ2n) is 9.59. The molecule has 3 aromatic carbocycles. The first-order valence-electron chi connectivity index (χ1n) is 12.9. The van der Waals surface area contributed by atoms with E-state index in [0.717, 1.165) is 16.7 Å². The minimum absolute atomic E-state index is 0.0422. The van der Waals surface area contributed by atoms with Crippen LogP contribution in [0, 0.1) is 0 Å². The molecule has 0 amide bonds. The Labute approximate surface area is 230 Å². The summed E-state index contributed by atoms with van der Waals surface area (Å²) in [5.41, 5.74) is 8.23. The summed E-state index contributed by atoms with van der Waals surface area (Å²) in [7, 11) is 1.62. The van der Waals surface area contributed by atoms with Crippen molar-refractivity contribution in [3.63, 3.8) is 0 Å². The highest BCUT2D eigenvalue weighted by Gasteiger charge is 2.47.